The Morgan fingerprint density at radius 2 is 1.78 bits per heavy atom. The molecule has 0 saturated carbocycles. The minimum absolute atomic E-state index is 0.0961. The number of carbonyl (C=O) groups excluding carboxylic acids is 2. The molecular weight excluding hydrogens is 388 g/mol. The normalized spacial score (nSPS) is 15.8. The van der Waals surface area contributed by atoms with E-state index in [2.05, 4.69) is 0 Å². The Morgan fingerprint density at radius 1 is 1.11 bits per heavy atom. The predicted molar refractivity (Wildman–Crippen MR) is 107 cm³/mol. The molecule has 0 spiro atoms. The number of thioether (sulfide) groups is 1. The molecule has 1 fully saturated rings. The van der Waals surface area contributed by atoms with Gasteiger partial charge in [0.25, 0.3) is 0 Å². The Morgan fingerprint density at radius 3 is 2.41 bits per heavy atom. The second-order valence-corrected chi connectivity index (χ2v) is 8.64. The molecule has 1 aliphatic rings. The van der Waals surface area contributed by atoms with Crippen molar-refractivity contribution in [1.82, 2.24) is 9.21 Å². The number of rotatable bonds is 8. The lowest BCUT2D eigenvalue weighted by Crippen LogP contribution is -2.50. The number of esters is 1. The van der Waals surface area contributed by atoms with Crippen LogP contribution in [-0.2, 0) is 24.3 Å². The van der Waals surface area contributed by atoms with Crippen molar-refractivity contribution >= 4 is 39.7 Å². The molecule has 1 saturated heterocycles. The van der Waals surface area contributed by atoms with Crippen molar-refractivity contribution in [2.75, 3.05) is 44.3 Å². The summed E-state index contributed by atoms with van der Waals surface area (Å²) in [5.41, 5.74) is 0.813. The van der Waals surface area contributed by atoms with Crippen LogP contribution in [-0.4, -0.2) is 73.8 Å². The van der Waals surface area contributed by atoms with Gasteiger partial charge >= 0.3 is 5.97 Å². The average Bonchev–Trinajstić information content (AvgIpc) is 2.67. The maximum atomic E-state index is 12.4. The Hall–Kier alpha value is -1.84. The molecule has 1 aromatic rings. The first-order valence-corrected chi connectivity index (χ1v) is 11.3. The summed E-state index contributed by atoms with van der Waals surface area (Å²) in [4.78, 5) is 25.1. The molecule has 1 amide bonds. The van der Waals surface area contributed by atoms with Gasteiger partial charge in [-0.2, -0.15) is 4.31 Å². The van der Waals surface area contributed by atoms with Gasteiger partial charge in [0, 0.05) is 31.6 Å². The molecule has 0 radical (unpaired) electrons. The van der Waals surface area contributed by atoms with Crippen molar-refractivity contribution < 1.29 is 22.7 Å². The van der Waals surface area contributed by atoms with Gasteiger partial charge in [0.05, 0.1) is 18.1 Å². The highest BCUT2D eigenvalue weighted by Gasteiger charge is 2.27. The number of nitrogens with zero attached hydrogens (tertiary/aromatic N) is 2. The molecule has 2 rings (SSSR count). The summed E-state index contributed by atoms with van der Waals surface area (Å²) in [7, 11) is -3.52. The van der Waals surface area contributed by atoms with Crippen LogP contribution in [0.25, 0.3) is 6.08 Å². The van der Waals surface area contributed by atoms with Crippen LogP contribution in [0.1, 0.15) is 12.5 Å². The van der Waals surface area contributed by atoms with E-state index in [1.165, 1.54) is 21.5 Å². The van der Waals surface area contributed by atoms with E-state index in [1.54, 1.807) is 17.9 Å². The second kappa shape index (κ2) is 10.5. The van der Waals surface area contributed by atoms with Gasteiger partial charge in [-0.1, -0.05) is 30.3 Å². The molecule has 1 heterocycles. The van der Waals surface area contributed by atoms with Crippen molar-refractivity contribution in [3.8, 4) is 0 Å². The number of amides is 1. The van der Waals surface area contributed by atoms with Gasteiger partial charge in [-0.25, -0.2) is 8.42 Å². The summed E-state index contributed by atoms with van der Waals surface area (Å²) in [5.74, 6) is -0.116. The Bertz CT molecular complexity index is 757. The molecule has 27 heavy (non-hydrogen) atoms. The number of carbonyl (C=O) groups is 2. The zero-order valence-electron chi connectivity index (χ0n) is 15.2. The van der Waals surface area contributed by atoms with E-state index in [4.69, 9.17) is 4.74 Å². The summed E-state index contributed by atoms with van der Waals surface area (Å²) < 4.78 is 31.0. The van der Waals surface area contributed by atoms with Crippen molar-refractivity contribution in [3.63, 3.8) is 0 Å². The number of hydrogen-bond acceptors (Lipinski definition) is 6. The van der Waals surface area contributed by atoms with Gasteiger partial charge in [0.2, 0.25) is 15.9 Å². The fourth-order valence-electron chi connectivity index (χ4n) is 2.52. The van der Waals surface area contributed by atoms with Crippen LogP contribution in [0.2, 0.25) is 0 Å². The van der Waals surface area contributed by atoms with Crippen LogP contribution < -0.4 is 0 Å². The van der Waals surface area contributed by atoms with Gasteiger partial charge in [0.1, 0.15) is 0 Å². The van der Waals surface area contributed by atoms with Gasteiger partial charge in [-0.05, 0) is 18.6 Å². The largest absolute Gasteiger partial charge is 0.465 e. The highest BCUT2D eigenvalue weighted by molar-refractivity contribution is 8.00. The summed E-state index contributed by atoms with van der Waals surface area (Å²) >= 11 is 1.21. The molecule has 0 bridgehead atoms. The van der Waals surface area contributed by atoms with Crippen LogP contribution in [0.4, 0.5) is 0 Å². The Kier molecular flexibility index (Phi) is 8.33. The topological polar surface area (TPSA) is 84.0 Å². The first-order chi connectivity index (χ1) is 12.9. The van der Waals surface area contributed by atoms with E-state index in [0.717, 1.165) is 5.56 Å². The molecular formula is C18H24N2O5S2. The molecule has 1 aliphatic heterocycles. The second-order valence-electron chi connectivity index (χ2n) is 5.84. The number of ether oxygens (including phenoxy) is 1. The Labute approximate surface area is 164 Å². The number of hydrogen-bond donors (Lipinski definition) is 0. The number of piperazine rings is 1. The third-order valence-corrected chi connectivity index (χ3v) is 6.39. The smallest absolute Gasteiger partial charge is 0.315 e. The van der Waals surface area contributed by atoms with Crippen molar-refractivity contribution in [2.24, 2.45) is 0 Å². The highest BCUT2D eigenvalue weighted by atomic mass is 32.2. The van der Waals surface area contributed by atoms with E-state index in [1.807, 2.05) is 30.3 Å². The van der Waals surface area contributed by atoms with E-state index in [9.17, 15) is 18.0 Å². The maximum absolute atomic E-state index is 12.4. The number of sulfonamides is 1. The van der Waals surface area contributed by atoms with E-state index in [0.29, 0.717) is 19.7 Å². The quantitative estimate of drug-likeness (QED) is 0.601. The fourth-order valence-corrected chi connectivity index (χ4v) is 4.41. The summed E-state index contributed by atoms with van der Waals surface area (Å²) in [6.07, 6.45) is 1.57. The van der Waals surface area contributed by atoms with Gasteiger partial charge in [-0.15, -0.1) is 11.8 Å². The van der Waals surface area contributed by atoms with Crippen LogP contribution in [0.3, 0.4) is 0 Å². The lowest BCUT2D eigenvalue weighted by atomic mass is 10.2. The molecule has 148 valence electrons. The molecule has 0 unspecified atom stereocenters. The minimum Gasteiger partial charge on any atom is -0.465 e. The maximum Gasteiger partial charge on any atom is 0.315 e. The molecule has 9 heteroatoms. The fraction of sp³-hybridized carbons (Fsp3) is 0.444. The molecule has 0 atom stereocenters. The minimum atomic E-state index is -3.52. The zero-order valence-corrected chi connectivity index (χ0v) is 16.9. The predicted octanol–water partition coefficient (Wildman–Crippen LogP) is 1.43. The standard InChI is InChI=1S/C18H24N2O5S2/c1-2-25-18(22)15-26-14-17(21)19-9-11-20(12-10-19)27(23,24)13-8-16-6-4-3-5-7-16/h3-8,13H,2,9-12,14-15H2,1H3/b13-8+. The lowest BCUT2D eigenvalue weighted by molar-refractivity contribution is -0.139. The third kappa shape index (κ3) is 7.00. The van der Waals surface area contributed by atoms with E-state index < -0.39 is 10.0 Å². The summed E-state index contributed by atoms with van der Waals surface area (Å²) in [5, 5.41) is 1.20. The lowest BCUT2D eigenvalue weighted by Gasteiger charge is -2.33. The monoisotopic (exact) mass is 412 g/mol. The van der Waals surface area contributed by atoms with E-state index in [-0.39, 0.29) is 36.5 Å². The van der Waals surface area contributed by atoms with E-state index >= 15 is 0 Å². The molecule has 7 nitrogen and oxygen atoms in total. The summed E-state index contributed by atoms with van der Waals surface area (Å²) in [6.45, 7) is 3.26. The van der Waals surface area contributed by atoms with Crippen molar-refractivity contribution in [2.45, 2.75) is 6.92 Å². The SMILES string of the molecule is CCOC(=O)CSCC(=O)N1CCN(S(=O)(=O)/C=C/c2ccccc2)CC1. The zero-order chi connectivity index (χ0) is 19.7. The van der Waals surface area contributed by atoms with Crippen LogP contribution in [0, 0.1) is 0 Å². The molecule has 0 N–H and O–H groups in total. The van der Waals surface area contributed by atoms with Gasteiger partial charge in [-0.3, -0.25) is 9.59 Å². The van der Waals surface area contributed by atoms with Crippen molar-refractivity contribution in [1.29, 1.82) is 0 Å². The molecule has 0 aliphatic carbocycles. The Balaban J connectivity index is 1.79. The van der Waals surface area contributed by atoms with Crippen LogP contribution in [0.15, 0.2) is 35.7 Å². The highest BCUT2D eigenvalue weighted by Crippen LogP contribution is 2.13. The third-order valence-electron chi connectivity index (χ3n) is 3.93. The van der Waals surface area contributed by atoms with Crippen molar-refractivity contribution in [3.05, 3.63) is 41.3 Å². The van der Waals surface area contributed by atoms with Gasteiger partial charge < -0.3 is 9.64 Å². The van der Waals surface area contributed by atoms with Crippen LogP contribution >= 0.6 is 11.8 Å². The number of benzene rings is 1. The van der Waals surface area contributed by atoms with Crippen LogP contribution in [0.5, 0.6) is 0 Å². The summed E-state index contributed by atoms with van der Waals surface area (Å²) in [6, 6.07) is 9.22. The average molecular weight is 413 g/mol. The first-order valence-electron chi connectivity index (χ1n) is 8.67. The molecule has 0 aromatic heterocycles. The molecule has 1 aromatic carbocycles. The first kappa shape index (κ1) is 21.5. The van der Waals surface area contributed by atoms with Gasteiger partial charge in [0.15, 0.2) is 0 Å².